The Morgan fingerprint density at radius 3 is 2.56 bits per heavy atom. The smallest absolute Gasteiger partial charge is 0.394 e. The lowest BCUT2D eigenvalue weighted by molar-refractivity contribution is -0.147. The van der Waals surface area contributed by atoms with Crippen molar-refractivity contribution in [1.82, 2.24) is 0 Å². The average molecular weight is 286 g/mol. The van der Waals surface area contributed by atoms with E-state index >= 15 is 0 Å². The van der Waals surface area contributed by atoms with Crippen LogP contribution in [0.2, 0.25) is 0 Å². The maximum absolute atomic E-state index is 11.3. The van der Waals surface area contributed by atoms with Crippen LogP contribution in [-0.2, 0) is 9.59 Å². The first kappa shape index (κ1) is 12.4. The van der Waals surface area contributed by atoms with Crippen LogP contribution in [0.15, 0.2) is 24.3 Å². The number of halogens is 1. The van der Waals surface area contributed by atoms with Crippen molar-refractivity contribution >= 4 is 39.3 Å². The van der Waals surface area contributed by atoms with Gasteiger partial charge in [-0.25, -0.2) is 4.79 Å². The molecule has 84 valence electrons. The van der Waals surface area contributed by atoms with Gasteiger partial charge in [0, 0.05) is 11.3 Å². The Hall–Kier alpha value is -1.69. The highest BCUT2D eigenvalue weighted by Gasteiger charge is 2.12. The molecule has 0 radical (unpaired) electrons. The summed E-state index contributed by atoms with van der Waals surface area (Å²) in [5.74, 6) is -2.85. The van der Waals surface area contributed by atoms with E-state index in [1.165, 1.54) is 12.1 Å². The van der Waals surface area contributed by atoms with E-state index in [-0.39, 0.29) is 16.8 Å². The predicted octanol–water partition coefficient (Wildman–Crippen LogP) is 1.29. The maximum Gasteiger partial charge on any atom is 0.394 e. The van der Waals surface area contributed by atoms with Crippen molar-refractivity contribution in [2.24, 2.45) is 0 Å². The molecule has 5 nitrogen and oxygen atoms in total. The van der Waals surface area contributed by atoms with Gasteiger partial charge in [0.15, 0.2) is 5.78 Å². The third kappa shape index (κ3) is 3.16. The molecule has 2 N–H and O–H groups in total. The van der Waals surface area contributed by atoms with Crippen LogP contribution in [0.4, 0.5) is 5.69 Å². The van der Waals surface area contributed by atoms with E-state index < -0.39 is 11.9 Å². The van der Waals surface area contributed by atoms with Crippen molar-refractivity contribution in [3.8, 4) is 0 Å². The molecule has 1 amide bonds. The first-order chi connectivity index (χ1) is 7.54. The average Bonchev–Trinajstić information content (AvgIpc) is 2.28. The van der Waals surface area contributed by atoms with Gasteiger partial charge in [0.25, 0.3) is 0 Å². The number of carbonyl (C=O) groups is 3. The van der Waals surface area contributed by atoms with Gasteiger partial charge in [0.1, 0.15) is 0 Å². The van der Waals surface area contributed by atoms with Gasteiger partial charge in [-0.3, -0.25) is 9.59 Å². The molecular formula is C10H8BrNO4. The summed E-state index contributed by atoms with van der Waals surface area (Å²) in [6.07, 6.45) is 0. The minimum atomic E-state index is -1.57. The van der Waals surface area contributed by atoms with Crippen molar-refractivity contribution in [2.75, 3.05) is 10.6 Å². The van der Waals surface area contributed by atoms with E-state index in [1.54, 1.807) is 12.1 Å². The van der Waals surface area contributed by atoms with Crippen LogP contribution >= 0.6 is 15.9 Å². The van der Waals surface area contributed by atoms with E-state index in [1.807, 2.05) is 0 Å². The third-order valence-corrected chi connectivity index (χ3v) is 2.27. The van der Waals surface area contributed by atoms with Gasteiger partial charge in [-0.1, -0.05) is 28.1 Å². The topological polar surface area (TPSA) is 83.5 Å². The zero-order valence-electron chi connectivity index (χ0n) is 8.07. The van der Waals surface area contributed by atoms with Crippen LogP contribution in [0.25, 0.3) is 0 Å². The van der Waals surface area contributed by atoms with Crippen LogP contribution in [0, 0.1) is 0 Å². The first-order valence-electron chi connectivity index (χ1n) is 4.28. The summed E-state index contributed by atoms with van der Waals surface area (Å²) < 4.78 is 0. The highest BCUT2D eigenvalue weighted by Crippen LogP contribution is 2.11. The molecule has 0 fully saturated rings. The highest BCUT2D eigenvalue weighted by atomic mass is 79.9. The molecule has 0 aliphatic rings. The number of amides is 1. The minimum Gasteiger partial charge on any atom is -0.474 e. The SMILES string of the molecule is O=C(O)C(=O)Nc1cccc(C(=O)CBr)c1. The molecule has 0 spiro atoms. The number of hydrogen-bond acceptors (Lipinski definition) is 3. The van der Waals surface area contributed by atoms with Gasteiger partial charge in [-0.15, -0.1) is 0 Å². The predicted molar refractivity (Wildman–Crippen MR) is 60.8 cm³/mol. The van der Waals surface area contributed by atoms with Crippen LogP contribution in [-0.4, -0.2) is 28.1 Å². The summed E-state index contributed by atoms with van der Waals surface area (Å²) in [4.78, 5) is 32.5. The number of alkyl halides is 1. The molecule has 1 rings (SSSR count). The first-order valence-corrected chi connectivity index (χ1v) is 5.40. The monoisotopic (exact) mass is 285 g/mol. The molecule has 0 aliphatic carbocycles. The number of hydrogen-bond donors (Lipinski definition) is 2. The number of aliphatic carboxylic acids is 1. The number of Topliss-reactive ketones (excluding diaryl/α,β-unsaturated/α-hetero) is 1. The van der Waals surface area contributed by atoms with Gasteiger partial charge < -0.3 is 10.4 Å². The summed E-state index contributed by atoms with van der Waals surface area (Å²) in [5.41, 5.74) is 0.680. The largest absolute Gasteiger partial charge is 0.474 e. The lowest BCUT2D eigenvalue weighted by atomic mass is 10.1. The summed E-state index contributed by atoms with van der Waals surface area (Å²) in [6.45, 7) is 0. The Morgan fingerprint density at radius 2 is 2.00 bits per heavy atom. The fourth-order valence-corrected chi connectivity index (χ4v) is 1.36. The van der Waals surface area contributed by atoms with Gasteiger partial charge >= 0.3 is 11.9 Å². The van der Waals surface area contributed by atoms with Crippen LogP contribution in [0.5, 0.6) is 0 Å². The Balaban J connectivity index is 2.87. The summed E-state index contributed by atoms with van der Waals surface area (Å²) in [6, 6.07) is 6.07. The summed E-state index contributed by atoms with van der Waals surface area (Å²) in [5, 5.41) is 10.7. The number of rotatable bonds is 3. The molecule has 0 aliphatic heterocycles. The van der Waals surface area contributed by atoms with Gasteiger partial charge in [0.2, 0.25) is 0 Å². The van der Waals surface area contributed by atoms with E-state index in [9.17, 15) is 14.4 Å². The molecule has 0 saturated heterocycles. The van der Waals surface area contributed by atoms with Crippen LogP contribution < -0.4 is 5.32 Å². The summed E-state index contributed by atoms with van der Waals surface area (Å²) >= 11 is 3.02. The van der Waals surface area contributed by atoms with Gasteiger partial charge in [-0.2, -0.15) is 0 Å². The highest BCUT2D eigenvalue weighted by molar-refractivity contribution is 9.09. The van der Waals surface area contributed by atoms with Crippen molar-refractivity contribution in [3.63, 3.8) is 0 Å². The second-order valence-corrected chi connectivity index (χ2v) is 3.46. The maximum atomic E-state index is 11.3. The second kappa shape index (κ2) is 5.41. The van der Waals surface area contributed by atoms with Crippen LogP contribution in [0.1, 0.15) is 10.4 Å². The Bertz CT molecular complexity index is 444. The van der Waals surface area contributed by atoms with E-state index in [4.69, 9.17) is 5.11 Å². The number of anilines is 1. The van der Waals surface area contributed by atoms with Crippen molar-refractivity contribution in [2.45, 2.75) is 0 Å². The molecule has 0 atom stereocenters. The molecule has 0 unspecified atom stereocenters. The molecule has 0 bridgehead atoms. The number of carboxylic acids is 1. The zero-order valence-corrected chi connectivity index (χ0v) is 9.65. The fourth-order valence-electron chi connectivity index (χ4n) is 1.03. The van der Waals surface area contributed by atoms with Crippen molar-refractivity contribution in [3.05, 3.63) is 29.8 Å². The number of carbonyl (C=O) groups excluding carboxylic acids is 2. The number of ketones is 1. The van der Waals surface area contributed by atoms with E-state index in [0.717, 1.165) is 0 Å². The summed E-state index contributed by atoms with van der Waals surface area (Å²) in [7, 11) is 0. The van der Waals surface area contributed by atoms with Gasteiger partial charge in [0.05, 0.1) is 5.33 Å². The Morgan fingerprint density at radius 1 is 1.31 bits per heavy atom. The Kier molecular flexibility index (Phi) is 4.19. The molecule has 16 heavy (non-hydrogen) atoms. The number of carboxylic acid groups (broad SMARTS) is 1. The molecular weight excluding hydrogens is 278 g/mol. The molecule has 0 saturated carbocycles. The standard InChI is InChI=1S/C10H8BrNO4/c11-5-8(13)6-2-1-3-7(4-6)12-9(14)10(15)16/h1-4H,5H2,(H,12,14)(H,15,16). The molecule has 6 heteroatoms. The normalized spacial score (nSPS) is 9.56. The fraction of sp³-hybridized carbons (Fsp3) is 0.100. The molecule has 1 aromatic rings. The van der Waals surface area contributed by atoms with Crippen LogP contribution in [0.3, 0.4) is 0 Å². The third-order valence-electron chi connectivity index (χ3n) is 1.76. The Labute approximate surface area is 99.6 Å². The lowest BCUT2D eigenvalue weighted by Crippen LogP contribution is -2.21. The second-order valence-electron chi connectivity index (χ2n) is 2.90. The van der Waals surface area contributed by atoms with Gasteiger partial charge in [-0.05, 0) is 12.1 Å². The van der Waals surface area contributed by atoms with E-state index in [0.29, 0.717) is 5.56 Å². The van der Waals surface area contributed by atoms with E-state index in [2.05, 4.69) is 21.2 Å². The minimum absolute atomic E-state index is 0.147. The quantitative estimate of drug-likeness (QED) is 0.498. The van der Waals surface area contributed by atoms with Crippen molar-refractivity contribution < 1.29 is 19.5 Å². The molecule has 1 aromatic carbocycles. The molecule has 0 heterocycles. The number of nitrogens with one attached hydrogen (secondary N) is 1. The molecule has 0 aromatic heterocycles. The lowest BCUT2D eigenvalue weighted by Gasteiger charge is -2.03. The zero-order chi connectivity index (χ0) is 12.1. The number of benzene rings is 1. The van der Waals surface area contributed by atoms with Crippen molar-refractivity contribution in [1.29, 1.82) is 0 Å².